The molecule has 6 heteroatoms. The van der Waals surface area contributed by atoms with Gasteiger partial charge in [-0.05, 0) is 31.4 Å². The number of nitrogens with one attached hydrogen (secondary N) is 2. The zero-order valence-electron chi connectivity index (χ0n) is 14.0. The Morgan fingerprint density at radius 2 is 2.04 bits per heavy atom. The van der Waals surface area contributed by atoms with Gasteiger partial charge in [-0.1, -0.05) is 30.3 Å². The molecule has 3 aromatic heterocycles. The molecule has 2 N–H and O–H groups in total. The Balaban J connectivity index is 1.53. The Bertz CT molecular complexity index is 960. The number of thiophene rings is 1. The van der Waals surface area contributed by atoms with Crippen LogP contribution >= 0.6 is 11.3 Å². The van der Waals surface area contributed by atoms with Crippen LogP contribution in [0.3, 0.4) is 0 Å². The molecule has 126 valence electrons. The molecule has 4 aromatic rings. The Morgan fingerprint density at radius 3 is 2.84 bits per heavy atom. The third kappa shape index (κ3) is 3.53. The van der Waals surface area contributed by atoms with E-state index in [9.17, 15) is 0 Å². The van der Waals surface area contributed by atoms with Crippen molar-refractivity contribution in [3.63, 3.8) is 0 Å². The van der Waals surface area contributed by atoms with Gasteiger partial charge in [0.15, 0.2) is 5.82 Å². The number of anilines is 1. The molecule has 4 rings (SSSR count). The highest BCUT2D eigenvalue weighted by atomic mass is 32.1. The number of aromatic nitrogens is 4. The maximum absolute atomic E-state index is 4.73. The minimum atomic E-state index is 0.702. The van der Waals surface area contributed by atoms with Gasteiger partial charge in [0.05, 0.1) is 17.1 Å². The largest absolute Gasteiger partial charge is 0.369 e. The zero-order chi connectivity index (χ0) is 17.1. The summed E-state index contributed by atoms with van der Waals surface area (Å²) >= 11 is 1.69. The number of H-pyrrole nitrogens is 1. The van der Waals surface area contributed by atoms with E-state index in [4.69, 9.17) is 4.98 Å². The van der Waals surface area contributed by atoms with Gasteiger partial charge in [-0.3, -0.25) is 5.10 Å². The number of benzene rings is 1. The number of aromatic amines is 1. The van der Waals surface area contributed by atoms with Gasteiger partial charge < -0.3 is 5.32 Å². The van der Waals surface area contributed by atoms with E-state index >= 15 is 0 Å². The van der Waals surface area contributed by atoms with Crippen LogP contribution in [0, 0.1) is 6.92 Å². The van der Waals surface area contributed by atoms with Crippen LogP contribution in [0.15, 0.2) is 48.8 Å². The average Bonchev–Trinajstić information content (AvgIpc) is 3.28. The second-order valence-electron chi connectivity index (χ2n) is 5.97. The van der Waals surface area contributed by atoms with Crippen molar-refractivity contribution < 1.29 is 0 Å². The van der Waals surface area contributed by atoms with Gasteiger partial charge in [-0.15, -0.1) is 11.3 Å². The van der Waals surface area contributed by atoms with Gasteiger partial charge in [0, 0.05) is 17.6 Å². The van der Waals surface area contributed by atoms with Crippen LogP contribution in [0.1, 0.15) is 16.9 Å². The summed E-state index contributed by atoms with van der Waals surface area (Å²) in [4.78, 5) is 11.7. The topological polar surface area (TPSA) is 66.5 Å². The first-order valence-electron chi connectivity index (χ1n) is 8.35. The van der Waals surface area contributed by atoms with E-state index in [1.165, 1.54) is 10.4 Å². The summed E-state index contributed by atoms with van der Waals surface area (Å²) in [6.07, 6.45) is 5.68. The van der Waals surface area contributed by atoms with Gasteiger partial charge in [-0.2, -0.15) is 5.10 Å². The number of nitrogens with zero attached hydrogens (tertiary/aromatic N) is 3. The Labute approximate surface area is 150 Å². The van der Waals surface area contributed by atoms with E-state index in [1.807, 2.05) is 6.20 Å². The molecule has 0 amide bonds. The van der Waals surface area contributed by atoms with Crippen molar-refractivity contribution in [1.29, 1.82) is 0 Å². The first-order valence-corrected chi connectivity index (χ1v) is 9.16. The van der Waals surface area contributed by atoms with E-state index < -0.39 is 0 Å². The fourth-order valence-electron chi connectivity index (χ4n) is 2.82. The lowest BCUT2D eigenvalue weighted by molar-refractivity contribution is 0.860. The predicted octanol–water partition coefficient (Wildman–Crippen LogP) is 4.43. The zero-order valence-corrected chi connectivity index (χ0v) is 14.8. The fraction of sp³-hybridized carbons (Fsp3) is 0.211. The van der Waals surface area contributed by atoms with Gasteiger partial charge in [0.1, 0.15) is 10.6 Å². The number of rotatable bonds is 6. The molecule has 0 saturated heterocycles. The Hall–Kier alpha value is -2.73. The normalized spacial score (nSPS) is 11.1. The smallest absolute Gasteiger partial charge is 0.166 e. The molecule has 0 fully saturated rings. The highest BCUT2D eigenvalue weighted by molar-refractivity contribution is 7.18. The number of hydrogen-bond donors (Lipinski definition) is 2. The maximum atomic E-state index is 4.73. The number of aryl methyl sites for hydroxylation is 2. The molecular formula is C19H19N5S. The van der Waals surface area contributed by atoms with Gasteiger partial charge >= 0.3 is 0 Å². The molecule has 1 aromatic carbocycles. The quantitative estimate of drug-likeness (QED) is 0.505. The molecule has 5 nitrogen and oxygen atoms in total. The van der Waals surface area contributed by atoms with E-state index in [1.54, 1.807) is 17.5 Å². The summed E-state index contributed by atoms with van der Waals surface area (Å²) < 4.78 is 0. The molecule has 0 saturated carbocycles. The first kappa shape index (κ1) is 15.8. The molecule has 0 aliphatic carbocycles. The van der Waals surface area contributed by atoms with Crippen LogP contribution < -0.4 is 5.32 Å². The standard InChI is InChI=1S/C19H19N5S/c1-13-10-16-18(20-9-5-8-14-6-3-2-4-7-14)23-17(24-19(16)25-13)15-11-21-22-12-15/h2-4,6-7,10-12H,5,8-9H2,1H3,(H,21,22)(H,20,23,24). The van der Waals surface area contributed by atoms with Crippen molar-refractivity contribution in [3.05, 3.63) is 59.2 Å². The molecule has 3 heterocycles. The van der Waals surface area contributed by atoms with Crippen LogP contribution in [0.5, 0.6) is 0 Å². The van der Waals surface area contributed by atoms with Crippen molar-refractivity contribution in [2.45, 2.75) is 19.8 Å². The molecule has 25 heavy (non-hydrogen) atoms. The molecule has 0 bridgehead atoms. The van der Waals surface area contributed by atoms with E-state index in [-0.39, 0.29) is 0 Å². The second-order valence-corrected chi connectivity index (χ2v) is 7.21. The van der Waals surface area contributed by atoms with Gasteiger partial charge in [0.2, 0.25) is 0 Å². The average molecular weight is 349 g/mol. The lowest BCUT2D eigenvalue weighted by atomic mass is 10.1. The molecule has 0 spiro atoms. The summed E-state index contributed by atoms with van der Waals surface area (Å²) in [5.74, 6) is 1.60. The van der Waals surface area contributed by atoms with Crippen LogP contribution in [0.2, 0.25) is 0 Å². The van der Waals surface area contributed by atoms with Crippen LogP contribution in [0.25, 0.3) is 21.6 Å². The first-order chi connectivity index (χ1) is 12.3. The lowest BCUT2D eigenvalue weighted by Gasteiger charge is -2.08. The Kier molecular flexibility index (Phi) is 4.43. The highest BCUT2D eigenvalue weighted by Gasteiger charge is 2.12. The molecule has 0 unspecified atom stereocenters. The van der Waals surface area contributed by atoms with Crippen LogP contribution in [-0.2, 0) is 6.42 Å². The monoisotopic (exact) mass is 349 g/mol. The lowest BCUT2D eigenvalue weighted by Crippen LogP contribution is -2.06. The minimum absolute atomic E-state index is 0.702. The molecule has 0 radical (unpaired) electrons. The van der Waals surface area contributed by atoms with Gasteiger partial charge in [-0.25, -0.2) is 9.97 Å². The third-order valence-corrected chi connectivity index (χ3v) is 4.99. The summed E-state index contributed by atoms with van der Waals surface area (Å²) in [7, 11) is 0. The summed E-state index contributed by atoms with van der Waals surface area (Å²) in [5.41, 5.74) is 2.27. The Morgan fingerprint density at radius 1 is 1.16 bits per heavy atom. The van der Waals surface area contributed by atoms with Crippen molar-refractivity contribution in [2.24, 2.45) is 0 Å². The minimum Gasteiger partial charge on any atom is -0.369 e. The SMILES string of the molecule is Cc1cc2c(NCCCc3ccccc3)nc(-c3cn[nH]c3)nc2s1. The molecule has 0 aliphatic heterocycles. The fourth-order valence-corrected chi connectivity index (χ4v) is 3.70. The second kappa shape index (κ2) is 7.03. The van der Waals surface area contributed by atoms with Crippen molar-refractivity contribution in [1.82, 2.24) is 20.2 Å². The van der Waals surface area contributed by atoms with E-state index in [2.05, 4.69) is 63.8 Å². The number of fused-ring (bicyclic) bond motifs is 1. The molecule has 0 aliphatic rings. The van der Waals surface area contributed by atoms with Crippen LogP contribution in [0.4, 0.5) is 5.82 Å². The molecule has 0 atom stereocenters. The molecular weight excluding hydrogens is 330 g/mol. The van der Waals surface area contributed by atoms with E-state index in [0.29, 0.717) is 5.82 Å². The third-order valence-electron chi connectivity index (χ3n) is 4.05. The van der Waals surface area contributed by atoms with Crippen molar-refractivity contribution in [2.75, 3.05) is 11.9 Å². The van der Waals surface area contributed by atoms with Crippen molar-refractivity contribution in [3.8, 4) is 11.4 Å². The summed E-state index contributed by atoms with van der Waals surface area (Å²) in [5, 5.41) is 11.4. The number of hydrogen-bond acceptors (Lipinski definition) is 5. The summed E-state index contributed by atoms with van der Waals surface area (Å²) in [6, 6.07) is 12.7. The predicted molar refractivity (Wildman–Crippen MR) is 103 cm³/mol. The maximum Gasteiger partial charge on any atom is 0.166 e. The van der Waals surface area contributed by atoms with E-state index in [0.717, 1.165) is 41.0 Å². The van der Waals surface area contributed by atoms with Gasteiger partial charge in [0.25, 0.3) is 0 Å². The van der Waals surface area contributed by atoms with Crippen molar-refractivity contribution >= 4 is 27.4 Å². The summed E-state index contributed by atoms with van der Waals surface area (Å²) in [6.45, 7) is 2.98. The van der Waals surface area contributed by atoms with Crippen LogP contribution in [-0.4, -0.2) is 26.7 Å². The highest BCUT2D eigenvalue weighted by Crippen LogP contribution is 2.30.